The standard InChI is InChI=1S/C22H24Cl2N2O4/c1-2-30-19-13-15(3-8-18(19)24)14-26-11-9-22(10-12-26,21(28)29)25-20(27)16-4-6-17(23)7-5-16/h3-8,13H,2,9-12,14H2,1H3,(H,25,27)(H,28,29). The van der Waals surface area contributed by atoms with E-state index in [4.69, 9.17) is 27.9 Å². The molecule has 1 amide bonds. The molecule has 30 heavy (non-hydrogen) atoms. The molecule has 3 rings (SSSR count). The van der Waals surface area contributed by atoms with E-state index in [2.05, 4.69) is 10.2 Å². The molecule has 0 atom stereocenters. The lowest BCUT2D eigenvalue weighted by molar-refractivity contribution is -0.146. The van der Waals surface area contributed by atoms with Crippen LogP contribution in [-0.2, 0) is 11.3 Å². The molecule has 2 aromatic rings. The van der Waals surface area contributed by atoms with Gasteiger partial charge in [0.1, 0.15) is 11.3 Å². The average Bonchev–Trinajstić information content (AvgIpc) is 2.72. The molecule has 0 radical (unpaired) electrons. The summed E-state index contributed by atoms with van der Waals surface area (Å²) in [6.45, 7) is 4.16. The maximum Gasteiger partial charge on any atom is 0.329 e. The highest BCUT2D eigenvalue weighted by atomic mass is 35.5. The number of benzene rings is 2. The average molecular weight is 451 g/mol. The molecule has 1 saturated heterocycles. The third kappa shape index (κ3) is 5.25. The number of nitrogens with zero attached hydrogens (tertiary/aromatic N) is 1. The maximum atomic E-state index is 12.6. The van der Waals surface area contributed by atoms with Crippen LogP contribution in [0.4, 0.5) is 0 Å². The summed E-state index contributed by atoms with van der Waals surface area (Å²) in [7, 11) is 0. The quantitative estimate of drug-likeness (QED) is 0.659. The van der Waals surface area contributed by atoms with Crippen molar-refractivity contribution in [1.29, 1.82) is 0 Å². The van der Waals surface area contributed by atoms with Crippen LogP contribution in [0.2, 0.25) is 10.0 Å². The first-order chi connectivity index (χ1) is 14.3. The Morgan fingerprint density at radius 2 is 1.80 bits per heavy atom. The molecule has 0 unspecified atom stereocenters. The minimum absolute atomic E-state index is 0.313. The molecular formula is C22H24Cl2N2O4. The van der Waals surface area contributed by atoms with Gasteiger partial charge in [0.05, 0.1) is 11.6 Å². The van der Waals surface area contributed by atoms with Crippen LogP contribution in [0, 0.1) is 0 Å². The van der Waals surface area contributed by atoms with Crippen molar-refractivity contribution in [2.75, 3.05) is 19.7 Å². The molecule has 0 bridgehead atoms. The molecule has 1 heterocycles. The monoisotopic (exact) mass is 450 g/mol. The Kier molecular flexibility index (Phi) is 7.23. The number of hydrogen-bond acceptors (Lipinski definition) is 4. The van der Waals surface area contributed by atoms with Gasteiger partial charge in [-0.15, -0.1) is 0 Å². The molecule has 2 N–H and O–H groups in total. The lowest BCUT2D eigenvalue weighted by Crippen LogP contribution is -2.59. The SMILES string of the molecule is CCOc1cc(CN2CCC(NC(=O)c3ccc(Cl)cc3)(C(=O)O)CC2)ccc1Cl. The molecule has 1 aliphatic heterocycles. The van der Waals surface area contributed by atoms with Crippen LogP contribution >= 0.6 is 23.2 Å². The number of carboxylic acids is 1. The van der Waals surface area contributed by atoms with Crippen molar-refractivity contribution in [3.05, 3.63) is 63.6 Å². The highest BCUT2D eigenvalue weighted by Gasteiger charge is 2.43. The number of hydrogen-bond donors (Lipinski definition) is 2. The number of piperidine rings is 1. The zero-order chi connectivity index (χ0) is 21.7. The van der Waals surface area contributed by atoms with E-state index in [9.17, 15) is 14.7 Å². The van der Waals surface area contributed by atoms with E-state index < -0.39 is 17.4 Å². The minimum atomic E-state index is -1.29. The number of likely N-dealkylation sites (tertiary alicyclic amines) is 1. The van der Waals surface area contributed by atoms with E-state index in [-0.39, 0.29) is 0 Å². The normalized spacial score (nSPS) is 16.1. The van der Waals surface area contributed by atoms with Crippen molar-refractivity contribution in [3.63, 3.8) is 0 Å². The highest BCUT2D eigenvalue weighted by molar-refractivity contribution is 6.32. The molecule has 1 fully saturated rings. The molecule has 0 spiro atoms. The van der Waals surface area contributed by atoms with Crippen LogP contribution in [0.15, 0.2) is 42.5 Å². The predicted molar refractivity (Wildman–Crippen MR) is 116 cm³/mol. The number of carbonyl (C=O) groups is 2. The van der Waals surface area contributed by atoms with E-state index in [0.29, 0.717) is 60.4 Å². The zero-order valence-electron chi connectivity index (χ0n) is 16.7. The Balaban J connectivity index is 1.65. The molecule has 8 heteroatoms. The van der Waals surface area contributed by atoms with Crippen molar-refractivity contribution in [3.8, 4) is 5.75 Å². The summed E-state index contributed by atoms with van der Waals surface area (Å²) in [5.41, 5.74) is 0.131. The van der Waals surface area contributed by atoms with Crippen LogP contribution in [0.3, 0.4) is 0 Å². The summed E-state index contributed by atoms with van der Waals surface area (Å²) in [4.78, 5) is 26.8. The van der Waals surface area contributed by atoms with Gasteiger partial charge < -0.3 is 15.2 Å². The van der Waals surface area contributed by atoms with Gasteiger partial charge in [-0.2, -0.15) is 0 Å². The number of amides is 1. The summed E-state index contributed by atoms with van der Waals surface area (Å²) in [5, 5.41) is 13.7. The van der Waals surface area contributed by atoms with Crippen LogP contribution < -0.4 is 10.1 Å². The van der Waals surface area contributed by atoms with Crippen LogP contribution in [0.25, 0.3) is 0 Å². The first kappa shape index (κ1) is 22.4. The number of nitrogens with one attached hydrogen (secondary N) is 1. The van der Waals surface area contributed by atoms with Crippen molar-refractivity contribution in [2.45, 2.75) is 31.8 Å². The summed E-state index contributed by atoms with van der Waals surface area (Å²) in [5.74, 6) is -0.792. The fourth-order valence-electron chi connectivity index (χ4n) is 3.55. The fourth-order valence-corrected chi connectivity index (χ4v) is 3.84. The second-order valence-corrected chi connectivity index (χ2v) is 8.17. The zero-order valence-corrected chi connectivity index (χ0v) is 18.2. The van der Waals surface area contributed by atoms with E-state index >= 15 is 0 Å². The molecule has 2 aromatic carbocycles. The highest BCUT2D eigenvalue weighted by Crippen LogP contribution is 2.28. The van der Waals surface area contributed by atoms with E-state index in [1.165, 1.54) is 0 Å². The fraction of sp³-hybridized carbons (Fsp3) is 0.364. The second-order valence-electron chi connectivity index (χ2n) is 7.32. The van der Waals surface area contributed by atoms with Gasteiger partial charge in [-0.1, -0.05) is 29.3 Å². The van der Waals surface area contributed by atoms with Gasteiger partial charge >= 0.3 is 5.97 Å². The number of carboxylic acid groups (broad SMARTS) is 1. The molecule has 1 aliphatic rings. The molecule has 6 nitrogen and oxygen atoms in total. The third-order valence-electron chi connectivity index (χ3n) is 5.28. The first-order valence-corrected chi connectivity index (χ1v) is 10.5. The Hall–Kier alpha value is -2.28. The summed E-state index contributed by atoms with van der Waals surface area (Å²) >= 11 is 12.0. The Labute approximate surface area is 185 Å². The van der Waals surface area contributed by atoms with Crippen molar-refractivity contribution in [2.24, 2.45) is 0 Å². The molecule has 0 aromatic heterocycles. The van der Waals surface area contributed by atoms with Crippen molar-refractivity contribution < 1.29 is 19.4 Å². The Bertz CT molecular complexity index is 910. The van der Waals surface area contributed by atoms with Crippen molar-refractivity contribution in [1.82, 2.24) is 10.2 Å². The van der Waals surface area contributed by atoms with E-state index in [0.717, 1.165) is 5.56 Å². The van der Waals surface area contributed by atoms with Crippen LogP contribution in [0.5, 0.6) is 5.75 Å². The van der Waals surface area contributed by atoms with Gasteiger partial charge in [-0.25, -0.2) is 4.79 Å². The molecule has 0 aliphatic carbocycles. The van der Waals surface area contributed by atoms with Gasteiger partial charge in [0.25, 0.3) is 5.91 Å². The number of halogens is 2. The second kappa shape index (κ2) is 9.69. The largest absolute Gasteiger partial charge is 0.492 e. The summed E-state index contributed by atoms with van der Waals surface area (Å²) in [6, 6.07) is 12.0. The minimum Gasteiger partial charge on any atom is -0.492 e. The summed E-state index contributed by atoms with van der Waals surface area (Å²) < 4.78 is 5.54. The summed E-state index contributed by atoms with van der Waals surface area (Å²) in [6.07, 6.45) is 0.626. The van der Waals surface area contributed by atoms with E-state index in [1.54, 1.807) is 30.3 Å². The van der Waals surface area contributed by atoms with Gasteiger partial charge in [0, 0.05) is 30.2 Å². The van der Waals surface area contributed by atoms with E-state index in [1.807, 2.05) is 19.1 Å². The number of rotatable bonds is 7. The van der Waals surface area contributed by atoms with Gasteiger partial charge in [-0.05, 0) is 61.7 Å². The lowest BCUT2D eigenvalue weighted by atomic mass is 9.87. The molecule has 0 saturated carbocycles. The Morgan fingerprint density at radius 1 is 1.13 bits per heavy atom. The molecular weight excluding hydrogens is 427 g/mol. The third-order valence-corrected chi connectivity index (χ3v) is 5.84. The van der Waals surface area contributed by atoms with Gasteiger partial charge in [0.2, 0.25) is 0 Å². The maximum absolute atomic E-state index is 12.6. The topological polar surface area (TPSA) is 78.9 Å². The van der Waals surface area contributed by atoms with Gasteiger partial charge in [0.15, 0.2) is 0 Å². The number of carbonyl (C=O) groups excluding carboxylic acids is 1. The number of ether oxygens (including phenoxy) is 1. The van der Waals surface area contributed by atoms with Crippen LogP contribution in [-0.4, -0.2) is 47.1 Å². The molecule has 160 valence electrons. The number of aliphatic carboxylic acids is 1. The smallest absolute Gasteiger partial charge is 0.329 e. The lowest BCUT2D eigenvalue weighted by Gasteiger charge is -2.39. The Morgan fingerprint density at radius 3 is 2.40 bits per heavy atom. The first-order valence-electron chi connectivity index (χ1n) is 9.78. The van der Waals surface area contributed by atoms with Crippen molar-refractivity contribution >= 4 is 35.1 Å². The predicted octanol–water partition coefficient (Wildman–Crippen LogP) is 4.24. The van der Waals surface area contributed by atoms with Crippen LogP contribution in [0.1, 0.15) is 35.7 Å². The van der Waals surface area contributed by atoms with Gasteiger partial charge in [-0.3, -0.25) is 9.69 Å².